The van der Waals surface area contributed by atoms with Gasteiger partial charge in [0.1, 0.15) is 11.8 Å². The second kappa shape index (κ2) is 15.8. The fourth-order valence-corrected chi connectivity index (χ4v) is 6.14. The molecule has 1 aliphatic heterocycles. The summed E-state index contributed by atoms with van der Waals surface area (Å²) in [5.74, 6) is -0.409. The summed E-state index contributed by atoms with van der Waals surface area (Å²) in [6.07, 6.45) is 0.285. The minimum atomic E-state index is -3.66. The van der Waals surface area contributed by atoms with E-state index < -0.39 is 22.0 Å². The van der Waals surface area contributed by atoms with Gasteiger partial charge in [-0.25, -0.2) is 8.42 Å². The van der Waals surface area contributed by atoms with Crippen LogP contribution in [0.2, 0.25) is 5.02 Å². The molecule has 1 saturated heterocycles. The van der Waals surface area contributed by atoms with E-state index in [2.05, 4.69) is 5.32 Å². The lowest BCUT2D eigenvalue weighted by Gasteiger charge is -2.31. The molecule has 0 bridgehead atoms. The Morgan fingerprint density at radius 1 is 0.977 bits per heavy atom. The van der Waals surface area contributed by atoms with Crippen LogP contribution in [0.25, 0.3) is 0 Å². The standard InChI is InChI=1S/C31H36ClN3O7S/c1-40-18-15-33-31(37)29(21-24-5-3-2-4-6-24)35(22-25-7-9-26(32)10-8-25)30(36)23-42-27-11-13-28(14-12-27)43(38,39)34-16-19-41-20-17-34/h2-14,29H,15-23H2,1H3,(H,33,37)/t29-/m1/s1. The molecule has 1 atom stereocenters. The number of morpholine rings is 1. The Morgan fingerprint density at radius 3 is 2.30 bits per heavy atom. The summed E-state index contributed by atoms with van der Waals surface area (Å²) >= 11 is 6.08. The van der Waals surface area contributed by atoms with Gasteiger partial charge in [-0.15, -0.1) is 0 Å². The summed E-state index contributed by atoms with van der Waals surface area (Å²) < 4.78 is 43.4. The van der Waals surface area contributed by atoms with Crippen molar-refractivity contribution in [3.05, 3.63) is 95.0 Å². The van der Waals surface area contributed by atoms with E-state index in [-0.39, 0.29) is 30.4 Å². The molecule has 0 aromatic heterocycles. The molecular weight excluding hydrogens is 594 g/mol. The molecule has 0 aliphatic carbocycles. The lowest BCUT2D eigenvalue weighted by Crippen LogP contribution is -2.52. The first-order valence-electron chi connectivity index (χ1n) is 13.9. The van der Waals surface area contributed by atoms with Gasteiger partial charge in [0.15, 0.2) is 6.61 Å². The predicted octanol–water partition coefficient (Wildman–Crippen LogP) is 3.14. The molecule has 12 heteroatoms. The van der Waals surface area contributed by atoms with E-state index in [1.165, 1.54) is 33.5 Å². The minimum absolute atomic E-state index is 0.132. The van der Waals surface area contributed by atoms with E-state index in [0.29, 0.717) is 50.2 Å². The Labute approximate surface area is 257 Å². The molecule has 43 heavy (non-hydrogen) atoms. The number of sulfonamides is 1. The highest BCUT2D eigenvalue weighted by Gasteiger charge is 2.31. The van der Waals surface area contributed by atoms with Crippen molar-refractivity contribution in [1.29, 1.82) is 0 Å². The number of nitrogens with zero attached hydrogens (tertiary/aromatic N) is 2. The second-order valence-corrected chi connectivity index (χ2v) is 12.3. The topological polar surface area (TPSA) is 114 Å². The number of benzene rings is 3. The first kappa shape index (κ1) is 32.4. The molecule has 0 unspecified atom stereocenters. The quantitative estimate of drug-likeness (QED) is 0.273. The van der Waals surface area contributed by atoms with Crippen molar-refractivity contribution >= 4 is 33.4 Å². The fourth-order valence-electron chi connectivity index (χ4n) is 4.61. The Kier molecular flexibility index (Phi) is 11.9. The van der Waals surface area contributed by atoms with E-state index in [4.69, 9.17) is 25.8 Å². The van der Waals surface area contributed by atoms with Crippen LogP contribution < -0.4 is 10.1 Å². The van der Waals surface area contributed by atoms with Crippen LogP contribution in [0.15, 0.2) is 83.8 Å². The molecule has 0 radical (unpaired) electrons. The van der Waals surface area contributed by atoms with Crippen LogP contribution in [0.3, 0.4) is 0 Å². The Morgan fingerprint density at radius 2 is 1.65 bits per heavy atom. The highest BCUT2D eigenvalue weighted by Crippen LogP contribution is 2.22. The van der Waals surface area contributed by atoms with Crippen LogP contribution >= 0.6 is 11.6 Å². The first-order valence-corrected chi connectivity index (χ1v) is 15.7. The molecular formula is C31H36ClN3O7S. The van der Waals surface area contributed by atoms with Gasteiger partial charge in [0.25, 0.3) is 5.91 Å². The fraction of sp³-hybridized carbons (Fsp3) is 0.355. The molecule has 4 rings (SSSR count). The summed E-state index contributed by atoms with van der Waals surface area (Å²) in [7, 11) is -2.11. The number of methoxy groups -OCH3 is 1. The third-order valence-electron chi connectivity index (χ3n) is 6.94. The molecule has 230 valence electrons. The zero-order chi connectivity index (χ0) is 30.7. The zero-order valence-electron chi connectivity index (χ0n) is 24.0. The van der Waals surface area contributed by atoms with Crippen LogP contribution in [0.4, 0.5) is 0 Å². The van der Waals surface area contributed by atoms with E-state index in [1.807, 2.05) is 30.3 Å². The second-order valence-electron chi connectivity index (χ2n) is 9.91. The summed E-state index contributed by atoms with van der Waals surface area (Å²) in [4.78, 5) is 28.8. The number of amides is 2. The van der Waals surface area contributed by atoms with Crippen molar-refractivity contribution in [3.8, 4) is 5.75 Å². The van der Waals surface area contributed by atoms with E-state index in [9.17, 15) is 18.0 Å². The average molecular weight is 630 g/mol. The van der Waals surface area contributed by atoms with Crippen molar-refractivity contribution in [2.45, 2.75) is 23.9 Å². The summed E-state index contributed by atoms with van der Waals surface area (Å²) in [6, 6.07) is 21.6. The lowest BCUT2D eigenvalue weighted by molar-refractivity contribution is -0.142. The molecule has 1 fully saturated rings. The number of halogens is 1. The lowest BCUT2D eigenvalue weighted by atomic mass is 10.0. The van der Waals surface area contributed by atoms with Gasteiger partial charge in [-0.3, -0.25) is 9.59 Å². The van der Waals surface area contributed by atoms with Gasteiger partial charge in [-0.05, 0) is 47.5 Å². The smallest absolute Gasteiger partial charge is 0.261 e. The number of rotatable bonds is 14. The summed E-state index contributed by atoms with van der Waals surface area (Å²) in [6.45, 7) is 1.69. The van der Waals surface area contributed by atoms with Crippen molar-refractivity contribution < 1.29 is 32.2 Å². The number of carbonyl (C=O) groups excluding carboxylic acids is 2. The van der Waals surface area contributed by atoms with Crippen molar-refractivity contribution in [2.75, 3.05) is 53.2 Å². The largest absolute Gasteiger partial charge is 0.484 e. The summed E-state index contributed by atoms with van der Waals surface area (Å²) in [5, 5.41) is 3.42. The summed E-state index contributed by atoms with van der Waals surface area (Å²) in [5.41, 5.74) is 1.68. The van der Waals surface area contributed by atoms with Gasteiger partial charge < -0.3 is 24.4 Å². The number of carbonyl (C=O) groups is 2. The van der Waals surface area contributed by atoms with Gasteiger partial charge in [0.05, 0.1) is 24.7 Å². The van der Waals surface area contributed by atoms with Gasteiger partial charge >= 0.3 is 0 Å². The molecule has 1 heterocycles. The number of ether oxygens (including phenoxy) is 3. The van der Waals surface area contributed by atoms with E-state index in [0.717, 1.165) is 11.1 Å². The minimum Gasteiger partial charge on any atom is -0.484 e. The first-order chi connectivity index (χ1) is 20.8. The molecule has 1 aliphatic rings. The highest BCUT2D eigenvalue weighted by atomic mass is 35.5. The Bertz CT molecular complexity index is 1430. The average Bonchev–Trinajstić information content (AvgIpc) is 3.03. The Balaban J connectivity index is 1.53. The van der Waals surface area contributed by atoms with Gasteiger partial charge in [-0.2, -0.15) is 4.31 Å². The van der Waals surface area contributed by atoms with Crippen LogP contribution in [-0.2, 0) is 42.1 Å². The van der Waals surface area contributed by atoms with Crippen molar-refractivity contribution in [3.63, 3.8) is 0 Å². The van der Waals surface area contributed by atoms with E-state index >= 15 is 0 Å². The molecule has 1 N–H and O–H groups in total. The molecule has 10 nitrogen and oxygen atoms in total. The van der Waals surface area contributed by atoms with Crippen LogP contribution in [-0.4, -0.2) is 88.7 Å². The monoisotopic (exact) mass is 629 g/mol. The molecule has 0 spiro atoms. The molecule has 0 saturated carbocycles. The third kappa shape index (κ3) is 9.25. The molecule has 3 aromatic carbocycles. The highest BCUT2D eigenvalue weighted by molar-refractivity contribution is 7.89. The molecule has 3 aromatic rings. The van der Waals surface area contributed by atoms with Crippen LogP contribution in [0.1, 0.15) is 11.1 Å². The molecule has 2 amide bonds. The van der Waals surface area contributed by atoms with Crippen LogP contribution in [0, 0.1) is 0 Å². The predicted molar refractivity (Wildman–Crippen MR) is 162 cm³/mol. The Hall–Kier alpha value is -3.48. The maximum absolute atomic E-state index is 13.7. The van der Waals surface area contributed by atoms with Gasteiger partial charge in [0.2, 0.25) is 15.9 Å². The SMILES string of the molecule is COCCNC(=O)[C@@H](Cc1ccccc1)N(Cc1ccc(Cl)cc1)C(=O)COc1ccc(S(=O)(=O)N2CCOCC2)cc1. The van der Waals surface area contributed by atoms with Gasteiger partial charge in [-0.1, -0.05) is 54.1 Å². The number of hydrogen-bond donors (Lipinski definition) is 1. The van der Waals surface area contributed by atoms with E-state index in [1.54, 1.807) is 31.4 Å². The third-order valence-corrected chi connectivity index (χ3v) is 9.10. The maximum Gasteiger partial charge on any atom is 0.261 e. The maximum atomic E-state index is 13.7. The van der Waals surface area contributed by atoms with Crippen molar-refractivity contribution in [1.82, 2.24) is 14.5 Å². The van der Waals surface area contributed by atoms with Crippen molar-refractivity contribution in [2.24, 2.45) is 0 Å². The number of nitrogens with one attached hydrogen (secondary N) is 1. The van der Waals surface area contributed by atoms with Crippen LogP contribution in [0.5, 0.6) is 5.75 Å². The number of hydrogen-bond acceptors (Lipinski definition) is 7. The normalized spacial score (nSPS) is 14.6. The zero-order valence-corrected chi connectivity index (χ0v) is 25.6. The van der Waals surface area contributed by atoms with Gasteiger partial charge in [0, 0.05) is 44.7 Å².